The lowest BCUT2D eigenvalue weighted by atomic mass is 10.2. The molecule has 25 heavy (non-hydrogen) atoms. The molecular formula is C17H24ClN3O4. The van der Waals surface area contributed by atoms with E-state index in [1.54, 1.807) is 17.9 Å². The molecule has 1 aromatic carbocycles. The van der Waals surface area contributed by atoms with Gasteiger partial charge in [-0.2, -0.15) is 0 Å². The summed E-state index contributed by atoms with van der Waals surface area (Å²) >= 11 is 6.04. The van der Waals surface area contributed by atoms with E-state index in [0.717, 1.165) is 5.56 Å². The van der Waals surface area contributed by atoms with Crippen molar-refractivity contribution in [2.24, 2.45) is 0 Å². The summed E-state index contributed by atoms with van der Waals surface area (Å²) in [6.45, 7) is 4.23. The lowest BCUT2D eigenvalue weighted by Gasteiger charge is -2.26. The zero-order valence-electron chi connectivity index (χ0n) is 14.4. The third kappa shape index (κ3) is 8.00. The number of hydrogen-bond donors (Lipinski definition) is 3. The highest BCUT2D eigenvalue weighted by Crippen LogP contribution is 2.14. The fraction of sp³-hybridized carbons (Fsp3) is 0.471. The third-order valence-corrected chi connectivity index (χ3v) is 4.11. The number of carbonyl (C=O) groups is 3. The van der Waals surface area contributed by atoms with Gasteiger partial charge in [0.2, 0.25) is 11.8 Å². The van der Waals surface area contributed by atoms with Crippen LogP contribution in [0.3, 0.4) is 0 Å². The molecule has 0 spiro atoms. The number of nitrogens with zero attached hydrogens (tertiary/aromatic N) is 1. The molecule has 1 unspecified atom stereocenters. The highest BCUT2D eigenvalue weighted by atomic mass is 35.5. The van der Waals surface area contributed by atoms with E-state index in [1.807, 2.05) is 18.2 Å². The number of carboxylic acids is 1. The van der Waals surface area contributed by atoms with Gasteiger partial charge < -0.3 is 15.7 Å². The SMILES string of the molecule is CC(=O)NCCN(CCC(=O)NCc1ccccc1Cl)C(C)C(=O)O. The number of aliphatic carboxylic acids is 1. The number of carbonyl (C=O) groups excluding carboxylic acids is 2. The zero-order chi connectivity index (χ0) is 18.8. The molecule has 0 aliphatic rings. The van der Waals surface area contributed by atoms with E-state index in [-0.39, 0.29) is 24.8 Å². The van der Waals surface area contributed by atoms with Crippen LogP contribution in [0.2, 0.25) is 5.02 Å². The maximum Gasteiger partial charge on any atom is 0.320 e. The van der Waals surface area contributed by atoms with Gasteiger partial charge in [0.25, 0.3) is 0 Å². The molecule has 138 valence electrons. The topological polar surface area (TPSA) is 98.7 Å². The Bertz CT molecular complexity index is 609. The molecule has 7 nitrogen and oxygen atoms in total. The molecule has 2 amide bonds. The fourth-order valence-corrected chi connectivity index (χ4v) is 2.40. The van der Waals surface area contributed by atoms with Crippen LogP contribution >= 0.6 is 11.6 Å². The lowest BCUT2D eigenvalue weighted by Crippen LogP contribution is -2.44. The Kier molecular flexibility index (Phi) is 8.94. The van der Waals surface area contributed by atoms with Crippen molar-refractivity contribution in [3.8, 4) is 0 Å². The van der Waals surface area contributed by atoms with Crippen LogP contribution in [-0.4, -0.2) is 53.5 Å². The number of hydrogen-bond acceptors (Lipinski definition) is 4. The molecule has 1 atom stereocenters. The van der Waals surface area contributed by atoms with Crippen molar-refractivity contribution in [1.82, 2.24) is 15.5 Å². The standard InChI is InChI=1S/C17H24ClN3O4/c1-12(17(24)25)21(10-8-19-13(2)22)9-7-16(23)20-11-14-5-3-4-6-15(14)18/h3-6,12H,7-11H2,1-2H3,(H,19,22)(H,20,23)(H,24,25). The fourth-order valence-electron chi connectivity index (χ4n) is 2.20. The van der Waals surface area contributed by atoms with Gasteiger partial charge in [-0.25, -0.2) is 0 Å². The smallest absolute Gasteiger partial charge is 0.320 e. The second-order valence-corrected chi connectivity index (χ2v) is 6.06. The van der Waals surface area contributed by atoms with Crippen molar-refractivity contribution < 1.29 is 19.5 Å². The maximum absolute atomic E-state index is 12.0. The highest BCUT2D eigenvalue weighted by Gasteiger charge is 2.21. The number of benzene rings is 1. The van der Waals surface area contributed by atoms with Gasteiger partial charge in [-0.15, -0.1) is 0 Å². The van der Waals surface area contributed by atoms with Crippen LogP contribution in [0, 0.1) is 0 Å². The van der Waals surface area contributed by atoms with E-state index < -0.39 is 12.0 Å². The summed E-state index contributed by atoms with van der Waals surface area (Å²) in [4.78, 5) is 35.8. The summed E-state index contributed by atoms with van der Waals surface area (Å²) in [6, 6.07) is 6.49. The predicted molar refractivity (Wildman–Crippen MR) is 95.3 cm³/mol. The Labute approximate surface area is 152 Å². The molecule has 8 heteroatoms. The number of amides is 2. The van der Waals surface area contributed by atoms with Crippen molar-refractivity contribution >= 4 is 29.4 Å². The van der Waals surface area contributed by atoms with Gasteiger partial charge in [-0.05, 0) is 18.6 Å². The number of nitrogens with one attached hydrogen (secondary N) is 2. The quantitative estimate of drug-likeness (QED) is 0.576. The van der Waals surface area contributed by atoms with Gasteiger partial charge in [0, 0.05) is 44.5 Å². The van der Waals surface area contributed by atoms with E-state index in [9.17, 15) is 14.4 Å². The van der Waals surface area contributed by atoms with Crippen LogP contribution in [0.15, 0.2) is 24.3 Å². The molecule has 0 heterocycles. The second-order valence-electron chi connectivity index (χ2n) is 5.65. The van der Waals surface area contributed by atoms with Crippen molar-refractivity contribution in [2.75, 3.05) is 19.6 Å². The molecule has 0 aromatic heterocycles. The summed E-state index contributed by atoms with van der Waals surface area (Å²) in [6.07, 6.45) is 0.155. The van der Waals surface area contributed by atoms with Crippen LogP contribution < -0.4 is 10.6 Å². The molecule has 0 saturated heterocycles. The van der Waals surface area contributed by atoms with Crippen LogP contribution in [0.1, 0.15) is 25.8 Å². The Hall–Kier alpha value is -2.12. The minimum absolute atomic E-state index is 0.155. The summed E-state index contributed by atoms with van der Waals surface area (Å²) in [5.41, 5.74) is 0.818. The summed E-state index contributed by atoms with van der Waals surface area (Å²) in [7, 11) is 0. The minimum atomic E-state index is -0.973. The Balaban J connectivity index is 2.48. The molecule has 1 rings (SSSR count). The van der Waals surface area contributed by atoms with Gasteiger partial charge in [-0.1, -0.05) is 29.8 Å². The van der Waals surface area contributed by atoms with E-state index >= 15 is 0 Å². The monoisotopic (exact) mass is 369 g/mol. The average molecular weight is 370 g/mol. The molecule has 3 N–H and O–H groups in total. The molecule has 0 aliphatic heterocycles. The van der Waals surface area contributed by atoms with E-state index in [0.29, 0.717) is 24.7 Å². The van der Waals surface area contributed by atoms with Crippen molar-refractivity contribution in [2.45, 2.75) is 32.9 Å². The van der Waals surface area contributed by atoms with Gasteiger partial charge in [0.15, 0.2) is 0 Å². The van der Waals surface area contributed by atoms with E-state index in [4.69, 9.17) is 16.7 Å². The minimum Gasteiger partial charge on any atom is -0.480 e. The first-order valence-corrected chi connectivity index (χ1v) is 8.40. The highest BCUT2D eigenvalue weighted by molar-refractivity contribution is 6.31. The average Bonchev–Trinajstić information content (AvgIpc) is 2.56. The van der Waals surface area contributed by atoms with Gasteiger partial charge in [0.1, 0.15) is 6.04 Å². The van der Waals surface area contributed by atoms with Gasteiger partial charge in [-0.3, -0.25) is 19.3 Å². The van der Waals surface area contributed by atoms with Crippen molar-refractivity contribution in [1.29, 1.82) is 0 Å². The van der Waals surface area contributed by atoms with Crippen molar-refractivity contribution in [3.05, 3.63) is 34.9 Å². The normalized spacial score (nSPS) is 11.8. The first kappa shape index (κ1) is 20.9. The summed E-state index contributed by atoms with van der Waals surface area (Å²) in [5.74, 6) is -1.35. The molecular weight excluding hydrogens is 346 g/mol. The van der Waals surface area contributed by atoms with E-state index in [1.165, 1.54) is 6.92 Å². The Morgan fingerprint density at radius 2 is 1.88 bits per heavy atom. The number of rotatable bonds is 10. The van der Waals surface area contributed by atoms with Gasteiger partial charge in [0.05, 0.1) is 0 Å². The first-order chi connectivity index (χ1) is 11.8. The zero-order valence-corrected chi connectivity index (χ0v) is 15.2. The number of halogens is 1. The summed E-state index contributed by atoms with van der Waals surface area (Å²) < 4.78 is 0. The lowest BCUT2D eigenvalue weighted by molar-refractivity contribution is -0.143. The molecule has 0 radical (unpaired) electrons. The molecule has 0 fully saturated rings. The van der Waals surface area contributed by atoms with Crippen LogP contribution in [0.4, 0.5) is 0 Å². The van der Waals surface area contributed by atoms with E-state index in [2.05, 4.69) is 10.6 Å². The van der Waals surface area contributed by atoms with Crippen LogP contribution in [0.5, 0.6) is 0 Å². The van der Waals surface area contributed by atoms with Crippen molar-refractivity contribution in [3.63, 3.8) is 0 Å². The Morgan fingerprint density at radius 3 is 2.48 bits per heavy atom. The van der Waals surface area contributed by atoms with Crippen LogP contribution in [0.25, 0.3) is 0 Å². The molecule has 1 aromatic rings. The molecule has 0 bridgehead atoms. The first-order valence-electron chi connectivity index (χ1n) is 8.02. The van der Waals surface area contributed by atoms with Crippen LogP contribution in [-0.2, 0) is 20.9 Å². The molecule has 0 aliphatic carbocycles. The van der Waals surface area contributed by atoms with Gasteiger partial charge >= 0.3 is 5.97 Å². The molecule has 0 saturated carbocycles. The second kappa shape index (κ2) is 10.7. The Morgan fingerprint density at radius 1 is 1.20 bits per heavy atom. The largest absolute Gasteiger partial charge is 0.480 e. The third-order valence-electron chi connectivity index (χ3n) is 3.74. The maximum atomic E-state index is 12.0. The summed E-state index contributed by atoms with van der Waals surface area (Å²) in [5, 5.41) is 15.1. The predicted octanol–water partition coefficient (Wildman–Crippen LogP) is 1.26. The number of carboxylic acid groups (broad SMARTS) is 1.